The van der Waals surface area contributed by atoms with Crippen LogP contribution in [0.2, 0.25) is 0 Å². The monoisotopic (exact) mass is 415 g/mol. The number of ether oxygens (including phenoxy) is 1. The first kappa shape index (κ1) is 21.4. The minimum absolute atomic E-state index is 0.0588. The van der Waals surface area contributed by atoms with Crippen molar-refractivity contribution in [3.63, 3.8) is 0 Å². The molecule has 2 aromatic rings. The van der Waals surface area contributed by atoms with Gasteiger partial charge in [-0.2, -0.15) is 15.0 Å². The summed E-state index contributed by atoms with van der Waals surface area (Å²) in [6, 6.07) is 4.43. The van der Waals surface area contributed by atoms with Crippen molar-refractivity contribution in [1.82, 2.24) is 19.7 Å². The fraction of sp³-hybridized carbons (Fsp3) is 0.375. The number of benzene rings is 1. The van der Waals surface area contributed by atoms with Crippen LogP contribution < -0.4 is 14.8 Å². The number of hydrogen-bond donors (Lipinski definition) is 2. The molecular formula is C16H19F2N5O4S. The van der Waals surface area contributed by atoms with E-state index < -0.39 is 28.4 Å². The number of aryl methyl sites for hydroxylation is 2. The molecule has 0 spiro atoms. The van der Waals surface area contributed by atoms with Gasteiger partial charge in [-0.05, 0) is 31.9 Å². The molecule has 1 aromatic heterocycles. The fourth-order valence-corrected chi connectivity index (χ4v) is 3.41. The Labute approximate surface area is 160 Å². The number of urea groups is 1. The first-order valence-electron chi connectivity index (χ1n) is 8.06. The predicted molar refractivity (Wildman–Crippen MR) is 95.8 cm³/mol. The number of carbonyl (C=O) groups is 1. The second-order valence-corrected chi connectivity index (χ2v) is 7.58. The molecule has 9 nitrogen and oxygen atoms in total. The molecule has 28 heavy (non-hydrogen) atoms. The van der Waals surface area contributed by atoms with E-state index in [9.17, 15) is 22.0 Å². The van der Waals surface area contributed by atoms with Gasteiger partial charge in [0.15, 0.2) is 0 Å². The highest BCUT2D eigenvalue weighted by Gasteiger charge is 2.25. The van der Waals surface area contributed by atoms with Crippen molar-refractivity contribution < 1.29 is 26.7 Å². The second kappa shape index (κ2) is 8.42. The van der Waals surface area contributed by atoms with E-state index >= 15 is 0 Å². The molecule has 2 rings (SSSR count). The first-order valence-corrected chi connectivity index (χ1v) is 9.55. The van der Waals surface area contributed by atoms with Crippen molar-refractivity contribution in [2.45, 2.75) is 37.5 Å². The van der Waals surface area contributed by atoms with Crippen LogP contribution in [0.1, 0.15) is 24.7 Å². The Hall–Kier alpha value is -2.89. The number of carbonyl (C=O) groups excluding carboxylic acids is 1. The number of methoxy groups -OCH3 is 1. The third kappa shape index (κ3) is 6.08. The van der Waals surface area contributed by atoms with E-state index in [1.807, 2.05) is 4.72 Å². The number of alkyl halides is 2. The van der Waals surface area contributed by atoms with Crippen LogP contribution in [0, 0.1) is 6.92 Å². The van der Waals surface area contributed by atoms with Gasteiger partial charge in [0.2, 0.25) is 11.9 Å². The van der Waals surface area contributed by atoms with Crippen molar-refractivity contribution in [2.24, 2.45) is 0 Å². The van der Waals surface area contributed by atoms with Gasteiger partial charge in [0.25, 0.3) is 10.0 Å². The Morgan fingerprint density at radius 3 is 2.54 bits per heavy atom. The molecular weight excluding hydrogens is 396 g/mol. The lowest BCUT2D eigenvalue weighted by molar-refractivity contribution is 0.0131. The lowest BCUT2D eigenvalue weighted by Crippen LogP contribution is -2.35. The average Bonchev–Trinajstić information content (AvgIpc) is 2.58. The largest absolute Gasteiger partial charge is 0.467 e. The van der Waals surface area contributed by atoms with Gasteiger partial charge < -0.3 is 4.74 Å². The molecule has 1 aromatic carbocycles. The highest BCUT2D eigenvalue weighted by molar-refractivity contribution is 7.90. The molecule has 0 aliphatic carbocycles. The van der Waals surface area contributed by atoms with Crippen LogP contribution in [0.4, 0.5) is 19.5 Å². The van der Waals surface area contributed by atoms with Gasteiger partial charge in [-0.15, -0.1) is 0 Å². The Morgan fingerprint density at radius 2 is 1.89 bits per heavy atom. The molecule has 0 atom stereocenters. The number of sulfonamides is 1. The summed E-state index contributed by atoms with van der Waals surface area (Å²) in [5.41, 5.74) is 0.169. The number of nitrogens with one attached hydrogen (secondary N) is 2. The molecule has 0 aliphatic rings. The maximum Gasteiger partial charge on any atom is 0.335 e. The van der Waals surface area contributed by atoms with Gasteiger partial charge in [0.05, 0.1) is 12.0 Å². The molecule has 0 fully saturated rings. The number of nitrogens with zero attached hydrogens (tertiary/aromatic N) is 3. The van der Waals surface area contributed by atoms with E-state index in [1.54, 1.807) is 0 Å². The topological polar surface area (TPSA) is 123 Å². The third-order valence-electron chi connectivity index (χ3n) is 3.46. The number of halogens is 2. The zero-order valence-corrected chi connectivity index (χ0v) is 16.2. The van der Waals surface area contributed by atoms with Crippen molar-refractivity contribution in [1.29, 1.82) is 0 Å². The third-order valence-corrected chi connectivity index (χ3v) is 4.89. The van der Waals surface area contributed by atoms with E-state index in [4.69, 9.17) is 4.74 Å². The maximum atomic E-state index is 13.1. The van der Waals surface area contributed by atoms with E-state index in [2.05, 4.69) is 20.3 Å². The molecule has 2 amide bonds. The summed E-state index contributed by atoms with van der Waals surface area (Å²) in [5.74, 6) is -2.91. The Bertz CT molecular complexity index is 964. The van der Waals surface area contributed by atoms with Crippen LogP contribution in [0.15, 0.2) is 29.2 Å². The smallest absolute Gasteiger partial charge is 0.335 e. The van der Waals surface area contributed by atoms with Crippen molar-refractivity contribution in [3.8, 4) is 6.01 Å². The molecule has 0 bridgehead atoms. The zero-order chi connectivity index (χ0) is 20.9. The second-order valence-electron chi connectivity index (χ2n) is 5.93. The molecule has 2 N–H and O–H groups in total. The summed E-state index contributed by atoms with van der Waals surface area (Å²) in [5, 5.41) is 2.17. The molecule has 152 valence electrons. The predicted octanol–water partition coefficient (Wildman–Crippen LogP) is 2.29. The first-order chi connectivity index (χ1) is 13.0. The molecule has 1 heterocycles. The van der Waals surface area contributed by atoms with Gasteiger partial charge in [-0.3, -0.25) is 5.32 Å². The van der Waals surface area contributed by atoms with Crippen LogP contribution in [0.5, 0.6) is 6.01 Å². The highest BCUT2D eigenvalue weighted by atomic mass is 32.2. The minimum Gasteiger partial charge on any atom is -0.467 e. The molecule has 0 unspecified atom stereocenters. The van der Waals surface area contributed by atoms with Gasteiger partial charge in [0.1, 0.15) is 5.82 Å². The minimum atomic E-state index is -4.31. The highest BCUT2D eigenvalue weighted by Crippen LogP contribution is 2.23. The average molecular weight is 415 g/mol. The molecule has 0 aliphatic heterocycles. The van der Waals surface area contributed by atoms with Crippen LogP contribution in [-0.2, 0) is 16.4 Å². The van der Waals surface area contributed by atoms with E-state index in [-0.39, 0.29) is 34.7 Å². The molecule has 12 heteroatoms. The van der Waals surface area contributed by atoms with Gasteiger partial charge in [0, 0.05) is 6.42 Å². The SMILES string of the molecule is COc1nc(C)nc(NC(=O)NS(=O)(=O)c2ccccc2CCC(C)(F)F)n1. The number of amides is 2. The normalized spacial score (nSPS) is 11.8. The summed E-state index contributed by atoms with van der Waals surface area (Å²) in [7, 11) is -2.99. The summed E-state index contributed by atoms with van der Waals surface area (Å²) in [6.07, 6.45) is -0.707. The summed E-state index contributed by atoms with van der Waals surface area (Å²) in [6.45, 7) is 2.28. The summed E-state index contributed by atoms with van der Waals surface area (Å²) in [4.78, 5) is 23.3. The van der Waals surface area contributed by atoms with Gasteiger partial charge in [-0.25, -0.2) is 26.7 Å². The van der Waals surface area contributed by atoms with Crippen molar-refractivity contribution in [3.05, 3.63) is 35.7 Å². The number of anilines is 1. The Morgan fingerprint density at radius 1 is 1.21 bits per heavy atom. The van der Waals surface area contributed by atoms with Gasteiger partial charge >= 0.3 is 12.0 Å². The Kier molecular flexibility index (Phi) is 6.44. The van der Waals surface area contributed by atoms with E-state index in [0.29, 0.717) is 0 Å². The number of aromatic nitrogens is 3. The van der Waals surface area contributed by atoms with Crippen molar-refractivity contribution >= 4 is 22.0 Å². The van der Waals surface area contributed by atoms with Crippen LogP contribution in [0.25, 0.3) is 0 Å². The van der Waals surface area contributed by atoms with Gasteiger partial charge in [-0.1, -0.05) is 18.2 Å². The lowest BCUT2D eigenvalue weighted by Gasteiger charge is -2.14. The van der Waals surface area contributed by atoms with Crippen LogP contribution >= 0.6 is 0 Å². The lowest BCUT2D eigenvalue weighted by atomic mass is 10.1. The number of rotatable bonds is 7. The molecule has 0 radical (unpaired) electrons. The Balaban J connectivity index is 2.17. The zero-order valence-electron chi connectivity index (χ0n) is 15.4. The fourth-order valence-electron chi connectivity index (χ4n) is 2.24. The maximum absolute atomic E-state index is 13.1. The summed E-state index contributed by atoms with van der Waals surface area (Å²) >= 11 is 0. The van der Waals surface area contributed by atoms with Crippen LogP contribution in [-0.4, -0.2) is 42.4 Å². The summed E-state index contributed by atoms with van der Waals surface area (Å²) < 4.78 is 58.0. The standard InChI is InChI=1S/C16H19F2N5O4S/c1-10-19-13(22-15(20-10)27-3)21-14(24)23-28(25,26)12-7-5-4-6-11(12)8-9-16(2,17)18/h4-7H,8-9H2,1-3H3,(H2,19,20,21,22,23,24). The number of hydrogen-bond acceptors (Lipinski definition) is 7. The van der Waals surface area contributed by atoms with E-state index in [0.717, 1.165) is 6.92 Å². The van der Waals surface area contributed by atoms with Crippen molar-refractivity contribution in [2.75, 3.05) is 12.4 Å². The molecule has 0 saturated heterocycles. The van der Waals surface area contributed by atoms with E-state index in [1.165, 1.54) is 38.3 Å². The quantitative estimate of drug-likeness (QED) is 0.711. The molecule has 0 saturated carbocycles. The van der Waals surface area contributed by atoms with Crippen LogP contribution in [0.3, 0.4) is 0 Å².